The first kappa shape index (κ1) is 87.6. The Morgan fingerprint density at radius 2 is 0.364 bits per heavy atom. The highest BCUT2D eigenvalue weighted by Crippen LogP contribution is 2.41. The summed E-state index contributed by atoms with van der Waals surface area (Å²) in [5.41, 5.74) is 14.8. The zero-order valence-corrected chi connectivity index (χ0v) is 71.5. The Kier molecular flexibility index (Phi) is 34.6. The monoisotopic (exact) mass is 1420 g/mol. The Labute approximate surface area is 646 Å². The van der Waals surface area contributed by atoms with Crippen LogP contribution in [-0.2, 0) is 7.05 Å². The molecule has 0 spiro atoms. The molecule has 1 heterocycles. The number of benzene rings is 18. The number of hydrogen-bond donors (Lipinski definition) is 0. The molecule has 0 unspecified atom stereocenters. The fraction of sp³-hybridized carbons (Fsp3) is 0.283. The van der Waals surface area contributed by atoms with E-state index < -0.39 is 0 Å². The summed E-state index contributed by atoms with van der Waals surface area (Å²) >= 11 is 0. The van der Waals surface area contributed by atoms with Crippen molar-refractivity contribution in [3.05, 3.63) is 287 Å². The van der Waals surface area contributed by atoms with E-state index in [0.717, 1.165) is 0 Å². The first-order valence-corrected chi connectivity index (χ1v) is 40.8. The molecule has 0 aliphatic carbocycles. The first-order chi connectivity index (χ1) is 52.3. The molecule has 18 aromatic carbocycles. The summed E-state index contributed by atoms with van der Waals surface area (Å²) in [7, 11) is 2.12. The number of nitrogens with zero attached hydrogens (tertiary/aromatic N) is 1. The van der Waals surface area contributed by atoms with Gasteiger partial charge < -0.3 is 4.57 Å². The highest BCUT2D eigenvalue weighted by Gasteiger charge is 2.15. The average Bonchev–Trinajstić information content (AvgIpc) is 1.52. The third-order valence-corrected chi connectivity index (χ3v) is 19.3. The van der Waals surface area contributed by atoms with Crippen molar-refractivity contribution in [3.63, 3.8) is 0 Å². The lowest BCUT2D eigenvalue weighted by atomic mass is 9.91. The number of aromatic nitrogens is 1. The molecule has 0 saturated heterocycles. The van der Waals surface area contributed by atoms with Gasteiger partial charge in [0.2, 0.25) is 0 Å². The maximum absolute atomic E-state index is 2.28. The van der Waals surface area contributed by atoms with Gasteiger partial charge in [0.25, 0.3) is 0 Å². The molecule has 0 aliphatic heterocycles. The number of hydrogen-bond acceptors (Lipinski definition) is 0. The quantitative estimate of drug-likeness (QED) is 0.133. The molecule has 0 amide bonds. The molecule has 19 rings (SSSR count). The molecule has 0 atom stereocenters. The van der Waals surface area contributed by atoms with E-state index in [1.54, 1.807) is 0 Å². The van der Waals surface area contributed by atoms with Crippen LogP contribution in [-0.4, -0.2) is 4.57 Å². The van der Waals surface area contributed by atoms with Crippen molar-refractivity contribution in [1.29, 1.82) is 0 Å². The lowest BCUT2D eigenvalue weighted by Crippen LogP contribution is -1.87. The predicted molar refractivity (Wildman–Crippen MR) is 497 cm³/mol. The Morgan fingerprint density at radius 1 is 0.159 bits per heavy atom. The van der Waals surface area contributed by atoms with Crippen molar-refractivity contribution in [2.75, 3.05) is 0 Å². The van der Waals surface area contributed by atoms with Crippen molar-refractivity contribution in [1.82, 2.24) is 4.57 Å². The van der Waals surface area contributed by atoms with Crippen LogP contribution in [0.2, 0.25) is 0 Å². The van der Waals surface area contributed by atoms with E-state index in [1.165, 1.54) is 201 Å². The fourth-order valence-corrected chi connectivity index (χ4v) is 14.7. The summed E-state index contributed by atoms with van der Waals surface area (Å²) in [6, 6.07) is 86.9. The van der Waals surface area contributed by atoms with Crippen LogP contribution in [0.3, 0.4) is 0 Å². The van der Waals surface area contributed by atoms with E-state index in [2.05, 4.69) is 311 Å². The number of para-hydroxylation sites is 1. The Morgan fingerprint density at radius 3 is 0.645 bits per heavy atom. The lowest BCUT2D eigenvalue weighted by molar-refractivity contribution is 1.01. The number of fused-ring (bicyclic) bond motifs is 3. The smallest absolute Gasteiger partial charge is 0.0488 e. The summed E-state index contributed by atoms with van der Waals surface area (Å²) in [5, 5.41) is 35.9. The van der Waals surface area contributed by atoms with Gasteiger partial charge in [-0.2, -0.15) is 0 Å². The molecule has 0 saturated carbocycles. The van der Waals surface area contributed by atoms with Gasteiger partial charge in [0.1, 0.15) is 0 Å². The Balaban J connectivity index is 0.000000226. The minimum atomic E-state index is 1.30. The van der Waals surface area contributed by atoms with E-state index >= 15 is 0 Å². The molecule has 0 bridgehead atoms. The minimum absolute atomic E-state index is 1.30. The van der Waals surface area contributed by atoms with E-state index in [9.17, 15) is 0 Å². The van der Waals surface area contributed by atoms with E-state index in [1.807, 2.05) is 138 Å². The molecule has 0 aliphatic rings. The summed E-state index contributed by atoms with van der Waals surface area (Å²) in [6.07, 6.45) is 0. The summed E-state index contributed by atoms with van der Waals surface area (Å²) in [5.74, 6) is 0. The number of aryl methyl sites for hydroxylation is 10. The third-order valence-electron chi connectivity index (χ3n) is 19.3. The maximum Gasteiger partial charge on any atom is 0.0488 e. The van der Waals surface area contributed by atoms with E-state index in [4.69, 9.17) is 0 Å². The Bertz CT molecular complexity index is 5340. The summed E-state index contributed by atoms with van der Waals surface area (Å²) in [6.45, 7) is 59.7. The van der Waals surface area contributed by atoms with Crippen molar-refractivity contribution in [2.24, 2.45) is 7.05 Å². The molecular formula is C106H129N. The average molecular weight is 1420 g/mol. The standard InChI is InChI=1S/4C18H14.C14H13N.10C2H6/c2*1-11-3-5-13-8-10-16-12(2)4-6-14-7-9-15(11)17(13)18(14)16;1-11-3-5-13-7-8-14-6-4-12(2)16-10-9-15(11)17(13)18(14)16;1-11-9-14-6-5-13-4-3-12(2)16-8-7-15(10-11)17(14)18(13)16;1-10-7-8-14-12(9-10)11-5-3-4-6-13(11)15(14)2;10*1-2/h4*3-10H,1-2H3;3-9H,1-2H3;10*1-2H3. The summed E-state index contributed by atoms with van der Waals surface area (Å²) < 4.78 is 2.25. The minimum Gasteiger partial charge on any atom is -0.344 e. The molecule has 1 aromatic heterocycles. The van der Waals surface area contributed by atoms with Gasteiger partial charge in [0.15, 0.2) is 0 Å². The van der Waals surface area contributed by atoms with Gasteiger partial charge in [0.05, 0.1) is 0 Å². The molecule has 1 heteroatoms. The second kappa shape index (κ2) is 42.3. The topological polar surface area (TPSA) is 4.93 Å². The molecule has 558 valence electrons. The van der Waals surface area contributed by atoms with Gasteiger partial charge in [0, 0.05) is 28.9 Å². The largest absolute Gasteiger partial charge is 0.344 e. The molecule has 0 radical (unpaired) electrons. The van der Waals surface area contributed by atoms with Crippen LogP contribution in [0.15, 0.2) is 237 Å². The van der Waals surface area contributed by atoms with E-state index in [-0.39, 0.29) is 0 Å². The third kappa shape index (κ3) is 18.0. The number of rotatable bonds is 0. The molecule has 107 heavy (non-hydrogen) atoms. The molecule has 0 N–H and O–H groups in total. The van der Waals surface area contributed by atoms with Crippen LogP contribution in [0.1, 0.15) is 189 Å². The molecular weight excluding hydrogens is 1290 g/mol. The van der Waals surface area contributed by atoms with Gasteiger partial charge in [-0.15, -0.1) is 0 Å². The van der Waals surface area contributed by atoms with Gasteiger partial charge in [-0.25, -0.2) is 0 Å². The normalized spacial score (nSPS) is 10.1. The fourth-order valence-electron chi connectivity index (χ4n) is 14.7. The van der Waals surface area contributed by atoms with E-state index in [0.29, 0.717) is 0 Å². The van der Waals surface area contributed by atoms with Gasteiger partial charge >= 0.3 is 0 Å². The van der Waals surface area contributed by atoms with Crippen LogP contribution in [0.25, 0.3) is 151 Å². The van der Waals surface area contributed by atoms with Gasteiger partial charge in [-0.1, -0.05) is 362 Å². The molecule has 1 nitrogen and oxygen atoms in total. The molecule has 19 aromatic rings. The van der Waals surface area contributed by atoms with Crippen molar-refractivity contribution >= 4 is 151 Å². The lowest BCUT2D eigenvalue weighted by Gasteiger charge is -2.13. The maximum atomic E-state index is 2.28. The van der Waals surface area contributed by atoms with Crippen LogP contribution >= 0.6 is 0 Å². The SMILES string of the molecule is CC.CC.CC.CC.CC.CC.CC.CC.CC.CC.Cc1cc2ccc3ccc(C)c4ccc(c1)c2c34.Cc1ccc2c(c1)c1ccccc1n2C.Cc1ccc2ccc3c(C)ccc4ccc1c2c43.Cc1ccc2ccc3c(C)ccc4ccc1c2c43.Cc1ccc2ccc3ccc(C)c4ccc1c2c34. The van der Waals surface area contributed by atoms with Crippen LogP contribution in [0.5, 0.6) is 0 Å². The van der Waals surface area contributed by atoms with Crippen LogP contribution in [0, 0.1) is 62.3 Å². The summed E-state index contributed by atoms with van der Waals surface area (Å²) in [4.78, 5) is 0. The van der Waals surface area contributed by atoms with Crippen LogP contribution < -0.4 is 0 Å². The van der Waals surface area contributed by atoms with Gasteiger partial charge in [-0.3, -0.25) is 0 Å². The van der Waals surface area contributed by atoms with Crippen molar-refractivity contribution in [2.45, 2.75) is 201 Å². The second-order valence-corrected chi connectivity index (χ2v) is 24.9. The Hall–Kier alpha value is -10.1. The zero-order chi connectivity index (χ0) is 79.5. The zero-order valence-electron chi connectivity index (χ0n) is 71.5. The second-order valence-electron chi connectivity index (χ2n) is 24.9. The predicted octanol–water partition coefficient (Wildman–Crippen LogP) is 34.7. The van der Waals surface area contributed by atoms with Crippen LogP contribution in [0.4, 0.5) is 0 Å². The van der Waals surface area contributed by atoms with Crippen molar-refractivity contribution < 1.29 is 0 Å². The molecule has 0 fully saturated rings. The highest BCUT2D eigenvalue weighted by atomic mass is 14.9. The van der Waals surface area contributed by atoms with Crippen molar-refractivity contribution in [3.8, 4) is 0 Å². The highest BCUT2D eigenvalue weighted by molar-refractivity contribution is 6.27. The van der Waals surface area contributed by atoms with Gasteiger partial charge in [-0.05, 0) is 254 Å². The first-order valence-electron chi connectivity index (χ1n) is 40.8.